The molecule has 1 fully saturated rings. The number of nitrogens with zero attached hydrogens (tertiary/aromatic N) is 2. The van der Waals surface area contributed by atoms with Crippen LogP contribution in [0.3, 0.4) is 0 Å². The van der Waals surface area contributed by atoms with Crippen LogP contribution in [-0.4, -0.2) is 62.4 Å². The number of Topliss-reactive ketones (excluding diaryl/α,β-unsaturated/α-hetero) is 1. The van der Waals surface area contributed by atoms with Gasteiger partial charge in [-0.3, -0.25) is 9.69 Å². The second-order valence-electron chi connectivity index (χ2n) is 6.28. The minimum Gasteiger partial charge on any atom is -0.298 e. The lowest BCUT2D eigenvalue weighted by atomic mass is 9.84. The third kappa shape index (κ3) is 4.02. The molecule has 0 radical (unpaired) electrons. The molecule has 1 aliphatic rings. The van der Waals surface area contributed by atoms with Crippen molar-refractivity contribution >= 4 is 15.8 Å². The molecule has 0 amide bonds. The van der Waals surface area contributed by atoms with E-state index in [2.05, 4.69) is 0 Å². The predicted molar refractivity (Wildman–Crippen MR) is 81.1 cm³/mol. The third-order valence-electron chi connectivity index (χ3n) is 4.70. The molecule has 0 aliphatic carbocycles. The van der Waals surface area contributed by atoms with E-state index in [1.54, 1.807) is 0 Å². The fourth-order valence-corrected chi connectivity index (χ4v) is 3.68. The number of hydrogen-bond donors (Lipinski definition) is 0. The van der Waals surface area contributed by atoms with Gasteiger partial charge in [0, 0.05) is 19.5 Å². The van der Waals surface area contributed by atoms with Gasteiger partial charge in [-0.15, -0.1) is 0 Å². The van der Waals surface area contributed by atoms with Crippen LogP contribution in [0.25, 0.3) is 0 Å². The number of rotatable bonds is 6. The Morgan fingerprint density at radius 3 is 2.45 bits per heavy atom. The molecule has 118 valence electrons. The molecule has 0 spiro atoms. The van der Waals surface area contributed by atoms with Gasteiger partial charge >= 0.3 is 0 Å². The molecule has 0 N–H and O–H groups in total. The van der Waals surface area contributed by atoms with Crippen LogP contribution in [0.5, 0.6) is 0 Å². The Balaban J connectivity index is 2.71. The van der Waals surface area contributed by atoms with E-state index in [0.717, 1.165) is 19.3 Å². The van der Waals surface area contributed by atoms with Crippen LogP contribution in [0.2, 0.25) is 0 Å². The molecule has 0 aromatic heterocycles. The van der Waals surface area contributed by atoms with Gasteiger partial charge in [-0.05, 0) is 46.2 Å². The lowest BCUT2D eigenvalue weighted by Gasteiger charge is -2.37. The first kappa shape index (κ1) is 17.6. The number of sulfonamides is 1. The summed E-state index contributed by atoms with van der Waals surface area (Å²) in [4.78, 5) is 14.5. The maximum atomic E-state index is 12.6. The first-order valence-corrected chi connectivity index (χ1v) is 9.12. The predicted octanol–water partition coefficient (Wildman–Crippen LogP) is 1.35. The lowest BCUT2D eigenvalue weighted by Crippen LogP contribution is -2.49. The van der Waals surface area contributed by atoms with E-state index in [-0.39, 0.29) is 11.7 Å². The Labute approximate surface area is 123 Å². The molecular weight excluding hydrogens is 276 g/mol. The molecular formula is C14H28N2O3S. The van der Waals surface area contributed by atoms with Gasteiger partial charge in [0.25, 0.3) is 0 Å². The highest BCUT2D eigenvalue weighted by atomic mass is 32.2. The smallest absolute Gasteiger partial charge is 0.211 e. The van der Waals surface area contributed by atoms with Crippen LogP contribution in [0.4, 0.5) is 0 Å². The monoisotopic (exact) mass is 304 g/mol. The zero-order chi connectivity index (χ0) is 15.6. The molecule has 2 atom stereocenters. The molecule has 2 unspecified atom stereocenters. The Bertz CT molecular complexity index is 447. The second-order valence-corrected chi connectivity index (χ2v) is 8.26. The summed E-state index contributed by atoms with van der Waals surface area (Å²) in [6, 6.07) is 0. The largest absolute Gasteiger partial charge is 0.298 e. The molecule has 6 heteroatoms. The molecule has 0 aromatic carbocycles. The van der Waals surface area contributed by atoms with Gasteiger partial charge in [0.1, 0.15) is 0 Å². The van der Waals surface area contributed by atoms with Crippen molar-refractivity contribution in [3.8, 4) is 0 Å². The van der Waals surface area contributed by atoms with Gasteiger partial charge in [-0.2, -0.15) is 0 Å². The van der Waals surface area contributed by atoms with Crippen molar-refractivity contribution in [1.82, 2.24) is 9.21 Å². The number of likely N-dealkylation sites (N-methyl/N-ethyl adjacent to an activating group) is 1. The number of carbonyl (C=O) groups excluding carboxylic acids is 1. The van der Waals surface area contributed by atoms with E-state index in [1.807, 2.05) is 32.8 Å². The van der Waals surface area contributed by atoms with Crippen molar-refractivity contribution in [3.05, 3.63) is 0 Å². The van der Waals surface area contributed by atoms with E-state index in [0.29, 0.717) is 19.5 Å². The minimum atomic E-state index is -3.14. The van der Waals surface area contributed by atoms with Crippen molar-refractivity contribution < 1.29 is 13.2 Å². The van der Waals surface area contributed by atoms with E-state index in [9.17, 15) is 13.2 Å². The first-order chi connectivity index (χ1) is 9.11. The summed E-state index contributed by atoms with van der Waals surface area (Å²) >= 11 is 0. The molecule has 20 heavy (non-hydrogen) atoms. The lowest BCUT2D eigenvalue weighted by molar-refractivity contribution is -0.130. The highest BCUT2D eigenvalue weighted by molar-refractivity contribution is 7.88. The molecule has 1 saturated heterocycles. The summed E-state index contributed by atoms with van der Waals surface area (Å²) in [5, 5.41) is 0. The molecule has 1 aliphatic heterocycles. The van der Waals surface area contributed by atoms with Crippen LogP contribution in [0.1, 0.15) is 39.5 Å². The third-order valence-corrected chi connectivity index (χ3v) is 5.97. The van der Waals surface area contributed by atoms with Gasteiger partial charge in [-0.1, -0.05) is 6.92 Å². The van der Waals surface area contributed by atoms with Crippen LogP contribution in [-0.2, 0) is 14.8 Å². The summed E-state index contributed by atoms with van der Waals surface area (Å²) in [6.07, 6.45) is 4.25. The van der Waals surface area contributed by atoms with Crippen LogP contribution >= 0.6 is 0 Å². The van der Waals surface area contributed by atoms with Gasteiger partial charge in [-0.25, -0.2) is 12.7 Å². The summed E-state index contributed by atoms with van der Waals surface area (Å²) in [6.45, 7) is 5.05. The van der Waals surface area contributed by atoms with Crippen molar-refractivity contribution in [3.63, 3.8) is 0 Å². The quantitative estimate of drug-likeness (QED) is 0.743. The van der Waals surface area contributed by atoms with Crippen LogP contribution < -0.4 is 0 Å². The van der Waals surface area contributed by atoms with Gasteiger partial charge < -0.3 is 0 Å². The summed E-state index contributed by atoms with van der Waals surface area (Å²) in [5.41, 5.74) is -0.451. The molecule has 5 nitrogen and oxygen atoms in total. The minimum absolute atomic E-state index is 0.150. The van der Waals surface area contributed by atoms with Crippen LogP contribution in [0, 0.1) is 5.92 Å². The van der Waals surface area contributed by atoms with E-state index < -0.39 is 15.6 Å². The molecule has 1 heterocycles. The molecule has 1 rings (SSSR count). The van der Waals surface area contributed by atoms with E-state index >= 15 is 0 Å². The zero-order valence-corrected chi connectivity index (χ0v) is 14.2. The highest BCUT2D eigenvalue weighted by Gasteiger charge is 2.36. The number of hydrogen-bond acceptors (Lipinski definition) is 4. The topological polar surface area (TPSA) is 57.7 Å². The Morgan fingerprint density at radius 2 is 2.00 bits per heavy atom. The molecule has 0 saturated carbocycles. The second kappa shape index (κ2) is 6.54. The van der Waals surface area contributed by atoms with Crippen molar-refractivity contribution in [2.24, 2.45) is 5.92 Å². The fourth-order valence-electron chi connectivity index (χ4n) is 2.74. The number of ketones is 1. The van der Waals surface area contributed by atoms with Crippen LogP contribution in [0.15, 0.2) is 0 Å². The Kier molecular flexibility index (Phi) is 5.75. The SMILES string of the molecule is CCC(C)(C(=O)CC1CCCN(S(C)(=O)=O)C1)N(C)C. The molecule has 0 aromatic rings. The maximum absolute atomic E-state index is 12.6. The summed E-state index contributed by atoms with van der Waals surface area (Å²) in [7, 11) is 0.703. The van der Waals surface area contributed by atoms with Crippen molar-refractivity contribution in [1.29, 1.82) is 0 Å². The summed E-state index contributed by atoms with van der Waals surface area (Å²) < 4.78 is 24.7. The van der Waals surface area contributed by atoms with Gasteiger partial charge in [0.15, 0.2) is 5.78 Å². The number of piperidine rings is 1. The van der Waals surface area contributed by atoms with Crippen molar-refractivity contribution in [2.45, 2.75) is 45.1 Å². The highest BCUT2D eigenvalue weighted by Crippen LogP contribution is 2.26. The van der Waals surface area contributed by atoms with Crippen molar-refractivity contribution in [2.75, 3.05) is 33.4 Å². The number of carbonyl (C=O) groups is 1. The standard InChI is InChI=1S/C14H28N2O3S/c1-6-14(2,15(3)4)13(17)10-12-8-7-9-16(11-12)20(5,18)19/h12H,6-11H2,1-5H3. The first-order valence-electron chi connectivity index (χ1n) is 7.27. The van der Waals surface area contributed by atoms with E-state index in [4.69, 9.17) is 0 Å². The van der Waals surface area contributed by atoms with Gasteiger partial charge in [0.2, 0.25) is 10.0 Å². The normalized spacial score (nSPS) is 24.6. The van der Waals surface area contributed by atoms with Gasteiger partial charge in [0.05, 0.1) is 11.8 Å². The Morgan fingerprint density at radius 1 is 1.40 bits per heavy atom. The van der Waals surface area contributed by atoms with E-state index in [1.165, 1.54) is 10.6 Å². The fraction of sp³-hybridized carbons (Fsp3) is 0.929. The zero-order valence-electron chi connectivity index (χ0n) is 13.3. The molecule has 0 bridgehead atoms. The average molecular weight is 304 g/mol. The Hall–Kier alpha value is -0.460. The summed E-state index contributed by atoms with van der Waals surface area (Å²) in [5.74, 6) is 0.363. The average Bonchev–Trinajstić information content (AvgIpc) is 2.36. The maximum Gasteiger partial charge on any atom is 0.211 e.